The van der Waals surface area contributed by atoms with E-state index in [2.05, 4.69) is 84.0 Å². The quantitative estimate of drug-likeness (QED) is 0.551. The summed E-state index contributed by atoms with van der Waals surface area (Å²) in [7, 11) is 0. The Morgan fingerprint density at radius 2 is 1.72 bits per heavy atom. The van der Waals surface area contributed by atoms with Crippen molar-refractivity contribution in [2.45, 2.75) is 72.3 Å². The summed E-state index contributed by atoms with van der Waals surface area (Å²) in [5.74, 6) is 0.803. The maximum atomic E-state index is 5.87. The standard InChI is InChI=1S/C22H27NO.C4H9.Li/c1-5-17-7-6-8-18(14-17)10-11-19-13-16(2)9-12-20(19)21-23-22(3,4)15-24-21;1-3-4-2;/h6-9,12-14H,5,10-11,15H2,1-4H3;1,3-4H2,2H3;/q;-1;+1. The zero-order chi connectivity index (χ0) is 20.6. The summed E-state index contributed by atoms with van der Waals surface area (Å²) < 4.78 is 5.87. The number of aryl methyl sites for hydroxylation is 4. The molecule has 0 aromatic heterocycles. The molecule has 2 aromatic carbocycles. The van der Waals surface area contributed by atoms with Crippen molar-refractivity contribution in [2.75, 3.05) is 6.61 Å². The van der Waals surface area contributed by atoms with Crippen LogP contribution < -0.4 is 18.9 Å². The second kappa shape index (κ2) is 12.3. The molecule has 0 aliphatic carbocycles. The second-order valence-corrected chi connectivity index (χ2v) is 8.21. The molecule has 0 fully saturated rings. The van der Waals surface area contributed by atoms with Crippen LogP contribution in [-0.4, -0.2) is 18.0 Å². The van der Waals surface area contributed by atoms with Crippen LogP contribution in [0.2, 0.25) is 0 Å². The molecule has 152 valence electrons. The van der Waals surface area contributed by atoms with Gasteiger partial charge in [0.05, 0.1) is 5.54 Å². The van der Waals surface area contributed by atoms with E-state index < -0.39 is 0 Å². The van der Waals surface area contributed by atoms with Crippen LogP contribution in [0, 0.1) is 13.8 Å². The first kappa shape index (κ1) is 25.5. The third kappa shape index (κ3) is 8.04. The Hall–Kier alpha value is -1.49. The first-order valence-electron chi connectivity index (χ1n) is 10.6. The van der Waals surface area contributed by atoms with Crippen LogP contribution >= 0.6 is 0 Å². The summed E-state index contributed by atoms with van der Waals surface area (Å²) in [5, 5.41) is 0. The van der Waals surface area contributed by atoms with E-state index in [0.717, 1.165) is 37.1 Å². The number of rotatable bonds is 6. The largest absolute Gasteiger partial charge is 1.00 e. The summed E-state index contributed by atoms with van der Waals surface area (Å²) in [4.78, 5) is 4.76. The molecule has 0 saturated heterocycles. The van der Waals surface area contributed by atoms with E-state index in [1.54, 1.807) is 0 Å². The Bertz CT molecular complexity index is 793. The molecule has 0 spiro atoms. The second-order valence-electron chi connectivity index (χ2n) is 8.21. The molecule has 3 rings (SSSR count). The summed E-state index contributed by atoms with van der Waals surface area (Å²) in [6.45, 7) is 15.0. The smallest absolute Gasteiger partial charge is 0.475 e. The van der Waals surface area contributed by atoms with E-state index in [0.29, 0.717) is 6.61 Å². The summed E-state index contributed by atoms with van der Waals surface area (Å²) in [5.41, 5.74) is 6.45. The molecule has 29 heavy (non-hydrogen) atoms. The normalized spacial score (nSPS) is 14.2. The van der Waals surface area contributed by atoms with Gasteiger partial charge >= 0.3 is 18.9 Å². The molecular formula is C26H36LiNO. The molecule has 1 heterocycles. The van der Waals surface area contributed by atoms with Crippen molar-refractivity contribution >= 4 is 5.90 Å². The molecule has 0 unspecified atom stereocenters. The van der Waals surface area contributed by atoms with Crippen LogP contribution in [0.1, 0.15) is 68.4 Å². The summed E-state index contributed by atoms with van der Waals surface area (Å²) >= 11 is 0. The zero-order valence-corrected chi connectivity index (χ0v) is 19.3. The fourth-order valence-electron chi connectivity index (χ4n) is 3.14. The molecule has 0 amide bonds. The monoisotopic (exact) mass is 385 g/mol. The maximum absolute atomic E-state index is 5.87. The van der Waals surface area contributed by atoms with Crippen molar-refractivity contribution in [1.29, 1.82) is 0 Å². The van der Waals surface area contributed by atoms with Gasteiger partial charge in [-0.05, 0) is 62.8 Å². The van der Waals surface area contributed by atoms with E-state index in [1.165, 1.54) is 28.7 Å². The fraction of sp³-hybridized carbons (Fsp3) is 0.462. The van der Waals surface area contributed by atoms with Gasteiger partial charge in [-0.1, -0.05) is 62.2 Å². The molecule has 1 aliphatic rings. The minimum atomic E-state index is -0.118. The van der Waals surface area contributed by atoms with Gasteiger partial charge in [0.2, 0.25) is 5.90 Å². The van der Waals surface area contributed by atoms with Crippen LogP contribution in [0.3, 0.4) is 0 Å². The van der Waals surface area contributed by atoms with Crippen LogP contribution in [0.25, 0.3) is 0 Å². The Balaban J connectivity index is 0.000000771. The van der Waals surface area contributed by atoms with Gasteiger partial charge in [-0.3, -0.25) is 0 Å². The molecule has 2 aromatic rings. The van der Waals surface area contributed by atoms with Gasteiger partial charge in [0, 0.05) is 5.56 Å². The third-order valence-corrected chi connectivity index (χ3v) is 4.89. The SMILES string of the molecule is CCc1cccc(CCc2cc(C)ccc2C2=NC(C)(C)CO2)c1.[CH2-]CCC.[Li+]. The molecule has 0 N–H and O–H groups in total. The van der Waals surface area contributed by atoms with Crippen LogP contribution in [0.5, 0.6) is 0 Å². The van der Waals surface area contributed by atoms with Crippen molar-refractivity contribution in [2.24, 2.45) is 4.99 Å². The van der Waals surface area contributed by atoms with Gasteiger partial charge in [-0.15, -0.1) is 0 Å². The number of ether oxygens (including phenoxy) is 1. The topological polar surface area (TPSA) is 21.6 Å². The van der Waals surface area contributed by atoms with Crippen molar-refractivity contribution in [3.8, 4) is 0 Å². The molecular weight excluding hydrogens is 349 g/mol. The number of benzene rings is 2. The summed E-state index contributed by atoms with van der Waals surface area (Å²) in [6.07, 6.45) is 5.41. The molecule has 0 bridgehead atoms. The van der Waals surface area contributed by atoms with Gasteiger partial charge < -0.3 is 11.7 Å². The third-order valence-electron chi connectivity index (χ3n) is 4.89. The number of hydrogen-bond donors (Lipinski definition) is 0. The van der Waals surface area contributed by atoms with E-state index in [4.69, 9.17) is 9.73 Å². The van der Waals surface area contributed by atoms with Crippen molar-refractivity contribution in [3.63, 3.8) is 0 Å². The number of nitrogens with zero attached hydrogens (tertiary/aromatic N) is 1. The Morgan fingerprint density at radius 3 is 2.31 bits per heavy atom. The molecule has 1 aliphatic heterocycles. The molecule has 0 atom stereocenters. The van der Waals surface area contributed by atoms with Crippen LogP contribution in [0.15, 0.2) is 47.5 Å². The number of unbranched alkanes of at least 4 members (excludes halogenated alkanes) is 1. The minimum absolute atomic E-state index is 0. The van der Waals surface area contributed by atoms with Gasteiger partial charge in [0.25, 0.3) is 0 Å². The van der Waals surface area contributed by atoms with Crippen molar-refractivity contribution in [1.82, 2.24) is 0 Å². The first-order chi connectivity index (χ1) is 13.4. The number of aliphatic imine (C=N–C) groups is 1. The van der Waals surface area contributed by atoms with Gasteiger partial charge in [-0.25, -0.2) is 4.99 Å². The number of hydrogen-bond acceptors (Lipinski definition) is 2. The van der Waals surface area contributed by atoms with Crippen LogP contribution in [0.4, 0.5) is 0 Å². The van der Waals surface area contributed by atoms with Crippen LogP contribution in [-0.2, 0) is 24.0 Å². The van der Waals surface area contributed by atoms with Crippen molar-refractivity contribution in [3.05, 3.63) is 77.2 Å². The van der Waals surface area contributed by atoms with E-state index in [-0.39, 0.29) is 24.4 Å². The Labute approximate surface area is 190 Å². The zero-order valence-electron chi connectivity index (χ0n) is 19.3. The average molecular weight is 386 g/mol. The molecule has 0 radical (unpaired) electrons. The fourth-order valence-corrected chi connectivity index (χ4v) is 3.14. The van der Waals surface area contributed by atoms with Gasteiger partial charge in [0.15, 0.2) is 0 Å². The predicted octanol–water partition coefficient (Wildman–Crippen LogP) is 3.52. The molecule has 2 nitrogen and oxygen atoms in total. The molecule has 0 saturated carbocycles. The average Bonchev–Trinajstić information content (AvgIpc) is 3.06. The Kier molecular flexibility index (Phi) is 10.8. The predicted molar refractivity (Wildman–Crippen MR) is 121 cm³/mol. The van der Waals surface area contributed by atoms with E-state index in [9.17, 15) is 0 Å². The maximum Gasteiger partial charge on any atom is 1.00 e. The summed E-state index contributed by atoms with van der Waals surface area (Å²) in [6, 6.07) is 15.5. The van der Waals surface area contributed by atoms with Gasteiger partial charge in [0.1, 0.15) is 6.61 Å². The van der Waals surface area contributed by atoms with Gasteiger partial charge in [-0.2, -0.15) is 6.42 Å². The Morgan fingerprint density at radius 1 is 1.03 bits per heavy atom. The van der Waals surface area contributed by atoms with E-state index in [1.807, 2.05) is 0 Å². The first-order valence-corrected chi connectivity index (χ1v) is 10.6. The minimum Gasteiger partial charge on any atom is -0.475 e. The molecule has 3 heteroatoms. The van der Waals surface area contributed by atoms with Crippen molar-refractivity contribution < 1.29 is 23.6 Å². The van der Waals surface area contributed by atoms with E-state index >= 15 is 0 Å².